The smallest absolute Gasteiger partial charge is 0.0941 e. The topological polar surface area (TPSA) is 60.2 Å². The number of ether oxygens (including phenoxy) is 1. The highest BCUT2D eigenvalue weighted by Gasteiger charge is 2.28. The van der Waals surface area contributed by atoms with E-state index in [1.807, 2.05) is 0 Å². The number of nitrogens with one attached hydrogen (secondary N) is 1. The summed E-state index contributed by atoms with van der Waals surface area (Å²) in [6.07, 6.45) is 3.20. The fraction of sp³-hybridized carbons (Fsp3) is 0.750. The van der Waals surface area contributed by atoms with Gasteiger partial charge in [-0.1, -0.05) is 0 Å². The van der Waals surface area contributed by atoms with Crippen molar-refractivity contribution in [3.63, 3.8) is 0 Å². The van der Waals surface area contributed by atoms with Crippen molar-refractivity contribution >= 4 is 11.3 Å². The summed E-state index contributed by atoms with van der Waals surface area (Å²) in [6.45, 7) is 5.46. The minimum Gasteiger partial charge on any atom is -0.374 e. The molecule has 2 rings (SSSR count). The van der Waals surface area contributed by atoms with Crippen molar-refractivity contribution in [3.8, 4) is 0 Å². The van der Waals surface area contributed by atoms with Crippen molar-refractivity contribution in [2.24, 2.45) is 5.73 Å². The zero-order valence-corrected chi connectivity index (χ0v) is 11.2. The van der Waals surface area contributed by atoms with Gasteiger partial charge in [0.25, 0.3) is 0 Å². The maximum Gasteiger partial charge on any atom is 0.0941 e. The van der Waals surface area contributed by atoms with Crippen molar-refractivity contribution in [3.05, 3.63) is 16.1 Å². The standard InChI is InChI=1S/C12H21N3OS/c1-12(4-2-6-16-12)9-14-7-10-8-17-11(15-10)3-5-13/h8,14H,2-7,9,13H2,1H3. The predicted octanol–water partition coefficient (Wildman–Crippen LogP) is 1.30. The number of rotatable bonds is 6. The average molecular weight is 255 g/mol. The largest absolute Gasteiger partial charge is 0.374 e. The molecule has 0 amide bonds. The van der Waals surface area contributed by atoms with E-state index in [0.717, 1.165) is 43.2 Å². The van der Waals surface area contributed by atoms with Crippen LogP contribution in [0.15, 0.2) is 5.38 Å². The monoisotopic (exact) mass is 255 g/mol. The van der Waals surface area contributed by atoms with E-state index in [9.17, 15) is 0 Å². The molecule has 1 unspecified atom stereocenters. The van der Waals surface area contributed by atoms with E-state index in [4.69, 9.17) is 10.5 Å². The highest BCUT2D eigenvalue weighted by Crippen LogP contribution is 2.24. The number of aromatic nitrogens is 1. The first-order chi connectivity index (χ1) is 8.22. The van der Waals surface area contributed by atoms with Crippen LogP contribution in [0.1, 0.15) is 30.5 Å². The van der Waals surface area contributed by atoms with Gasteiger partial charge in [0.2, 0.25) is 0 Å². The molecule has 1 aliphatic rings. The van der Waals surface area contributed by atoms with Crippen LogP contribution in [0.2, 0.25) is 0 Å². The van der Waals surface area contributed by atoms with Crippen molar-refractivity contribution in [2.45, 2.75) is 38.3 Å². The average Bonchev–Trinajstić information content (AvgIpc) is 2.90. The number of hydrogen-bond donors (Lipinski definition) is 2. The molecule has 4 nitrogen and oxygen atoms in total. The van der Waals surface area contributed by atoms with Crippen LogP contribution in [0.4, 0.5) is 0 Å². The fourth-order valence-electron chi connectivity index (χ4n) is 2.10. The van der Waals surface area contributed by atoms with Gasteiger partial charge in [0.15, 0.2) is 0 Å². The van der Waals surface area contributed by atoms with E-state index in [-0.39, 0.29) is 5.60 Å². The molecule has 0 saturated carbocycles. The zero-order chi connectivity index (χ0) is 12.1. The molecule has 96 valence electrons. The summed E-state index contributed by atoms with van der Waals surface area (Å²) in [5.74, 6) is 0. The SMILES string of the molecule is CC1(CNCc2csc(CCN)n2)CCCO1. The van der Waals surface area contributed by atoms with Crippen LogP contribution in [-0.4, -0.2) is 30.3 Å². The van der Waals surface area contributed by atoms with Crippen molar-refractivity contribution in [2.75, 3.05) is 19.7 Å². The van der Waals surface area contributed by atoms with Gasteiger partial charge in [-0.05, 0) is 26.3 Å². The first-order valence-corrected chi connectivity index (χ1v) is 7.08. The van der Waals surface area contributed by atoms with E-state index in [1.165, 1.54) is 6.42 Å². The Hall–Kier alpha value is -0.490. The maximum absolute atomic E-state index is 5.73. The van der Waals surface area contributed by atoms with Crippen LogP contribution in [0.25, 0.3) is 0 Å². The van der Waals surface area contributed by atoms with Crippen LogP contribution < -0.4 is 11.1 Å². The summed E-state index contributed by atoms with van der Waals surface area (Å²) in [4.78, 5) is 4.52. The molecule has 1 aromatic heterocycles. The highest BCUT2D eigenvalue weighted by atomic mass is 32.1. The molecule has 0 radical (unpaired) electrons. The second kappa shape index (κ2) is 5.91. The Kier molecular flexibility index (Phi) is 4.50. The number of nitrogens with two attached hydrogens (primary N) is 1. The molecule has 1 aliphatic heterocycles. The van der Waals surface area contributed by atoms with Crippen molar-refractivity contribution in [1.82, 2.24) is 10.3 Å². The Morgan fingerprint density at radius 3 is 3.24 bits per heavy atom. The normalized spacial score (nSPS) is 24.4. The van der Waals surface area contributed by atoms with E-state index in [0.29, 0.717) is 6.54 Å². The van der Waals surface area contributed by atoms with Crippen molar-refractivity contribution in [1.29, 1.82) is 0 Å². The number of hydrogen-bond acceptors (Lipinski definition) is 5. The van der Waals surface area contributed by atoms with Gasteiger partial charge in [-0.3, -0.25) is 0 Å². The molecule has 1 aromatic rings. The molecule has 1 saturated heterocycles. The lowest BCUT2D eigenvalue weighted by Gasteiger charge is -2.23. The third-order valence-electron chi connectivity index (χ3n) is 3.06. The molecule has 1 fully saturated rings. The Labute approximate surface area is 107 Å². The van der Waals surface area contributed by atoms with Crippen LogP contribution >= 0.6 is 11.3 Å². The van der Waals surface area contributed by atoms with Crippen molar-refractivity contribution < 1.29 is 4.74 Å². The van der Waals surface area contributed by atoms with Gasteiger partial charge in [-0.15, -0.1) is 11.3 Å². The predicted molar refractivity (Wildman–Crippen MR) is 70.2 cm³/mol. The summed E-state index contributed by atoms with van der Waals surface area (Å²) in [6, 6.07) is 0. The minimum absolute atomic E-state index is 0.0239. The summed E-state index contributed by atoms with van der Waals surface area (Å²) in [5.41, 5.74) is 6.64. The Balaban J connectivity index is 1.73. The van der Waals surface area contributed by atoms with Gasteiger partial charge in [0.05, 0.1) is 16.3 Å². The van der Waals surface area contributed by atoms with Gasteiger partial charge in [0.1, 0.15) is 0 Å². The molecular formula is C12H21N3OS. The quantitative estimate of drug-likeness (QED) is 0.804. The van der Waals surface area contributed by atoms with E-state index in [2.05, 4.69) is 22.6 Å². The first-order valence-electron chi connectivity index (χ1n) is 6.20. The third-order valence-corrected chi connectivity index (χ3v) is 4.02. The molecule has 3 N–H and O–H groups in total. The molecule has 17 heavy (non-hydrogen) atoms. The summed E-state index contributed by atoms with van der Waals surface area (Å²) in [7, 11) is 0. The summed E-state index contributed by atoms with van der Waals surface area (Å²) < 4.78 is 5.73. The molecular weight excluding hydrogens is 234 g/mol. The lowest BCUT2D eigenvalue weighted by molar-refractivity contribution is 0.0206. The first kappa shape index (κ1) is 13.0. The molecule has 0 spiro atoms. The van der Waals surface area contributed by atoms with Gasteiger partial charge >= 0.3 is 0 Å². The summed E-state index contributed by atoms with van der Waals surface area (Å²) >= 11 is 1.69. The number of thiazole rings is 1. The van der Waals surface area contributed by atoms with Crippen LogP contribution in [0.5, 0.6) is 0 Å². The lowest BCUT2D eigenvalue weighted by Crippen LogP contribution is -2.36. The van der Waals surface area contributed by atoms with Crippen LogP contribution in [0.3, 0.4) is 0 Å². The Morgan fingerprint density at radius 1 is 1.65 bits per heavy atom. The lowest BCUT2D eigenvalue weighted by atomic mass is 10.0. The van der Waals surface area contributed by atoms with E-state index < -0.39 is 0 Å². The molecule has 0 aliphatic carbocycles. The molecule has 5 heteroatoms. The molecule has 0 bridgehead atoms. The van der Waals surface area contributed by atoms with Crippen LogP contribution in [-0.2, 0) is 17.7 Å². The zero-order valence-electron chi connectivity index (χ0n) is 10.4. The Morgan fingerprint density at radius 2 is 2.53 bits per heavy atom. The van der Waals surface area contributed by atoms with Gasteiger partial charge < -0.3 is 15.8 Å². The number of nitrogens with zero attached hydrogens (tertiary/aromatic N) is 1. The molecule has 1 atom stereocenters. The highest BCUT2D eigenvalue weighted by molar-refractivity contribution is 7.09. The summed E-state index contributed by atoms with van der Waals surface area (Å²) in [5, 5.41) is 6.67. The van der Waals surface area contributed by atoms with Gasteiger partial charge in [-0.25, -0.2) is 4.98 Å². The van der Waals surface area contributed by atoms with E-state index in [1.54, 1.807) is 11.3 Å². The van der Waals surface area contributed by atoms with Crippen LogP contribution in [0, 0.1) is 0 Å². The fourth-order valence-corrected chi connectivity index (χ4v) is 2.91. The second-order valence-corrected chi connectivity index (χ2v) is 5.72. The second-order valence-electron chi connectivity index (χ2n) is 4.78. The molecule has 2 heterocycles. The van der Waals surface area contributed by atoms with Gasteiger partial charge in [-0.2, -0.15) is 0 Å². The minimum atomic E-state index is 0.0239. The molecule has 0 aromatic carbocycles. The third kappa shape index (κ3) is 3.74. The maximum atomic E-state index is 5.73. The van der Waals surface area contributed by atoms with Gasteiger partial charge in [0, 0.05) is 31.5 Å². The van der Waals surface area contributed by atoms with E-state index >= 15 is 0 Å². The Bertz CT molecular complexity index is 347.